The lowest BCUT2D eigenvalue weighted by Crippen LogP contribution is -2.28. The molecule has 1 atom stereocenters. The van der Waals surface area contributed by atoms with Gasteiger partial charge >= 0.3 is 5.97 Å². The number of carbonyl (C=O) groups is 1. The molecule has 0 aliphatic carbocycles. The lowest BCUT2D eigenvalue weighted by Gasteiger charge is -2.28. The van der Waals surface area contributed by atoms with Crippen molar-refractivity contribution in [3.63, 3.8) is 0 Å². The fourth-order valence-corrected chi connectivity index (χ4v) is 7.11. The van der Waals surface area contributed by atoms with Gasteiger partial charge in [0, 0.05) is 53.3 Å². The minimum atomic E-state index is -1.15. The number of aryl methyl sites for hydroxylation is 2. The minimum Gasteiger partial charge on any atom is -0.479 e. The lowest BCUT2D eigenvalue weighted by atomic mass is 9.91. The molecule has 0 amide bonds. The van der Waals surface area contributed by atoms with Crippen molar-refractivity contribution in [1.29, 1.82) is 0 Å². The van der Waals surface area contributed by atoms with Crippen LogP contribution in [0, 0.1) is 6.92 Å². The summed E-state index contributed by atoms with van der Waals surface area (Å²) < 4.78 is 14.6. The van der Waals surface area contributed by atoms with Crippen LogP contribution < -0.4 is 0 Å². The summed E-state index contributed by atoms with van der Waals surface area (Å²) in [5.74, 6) is -0.666. The van der Waals surface area contributed by atoms with Gasteiger partial charge in [0.2, 0.25) is 0 Å². The molecular weight excluding hydrogens is 570 g/mol. The summed E-state index contributed by atoms with van der Waals surface area (Å²) in [5.41, 5.74) is 6.48. The number of thiazole rings is 1. The third-order valence-electron chi connectivity index (χ3n) is 7.75. The van der Waals surface area contributed by atoms with Gasteiger partial charge in [-0.15, -0.1) is 11.3 Å². The molecule has 5 aromatic rings. The first-order valence-electron chi connectivity index (χ1n) is 14.2. The maximum absolute atomic E-state index is 12.6. The molecule has 42 heavy (non-hydrogen) atoms. The van der Waals surface area contributed by atoms with E-state index in [-0.39, 0.29) is 0 Å². The zero-order chi connectivity index (χ0) is 29.8. The highest BCUT2D eigenvalue weighted by Gasteiger charge is 2.32. The van der Waals surface area contributed by atoms with Crippen LogP contribution in [0.15, 0.2) is 48.5 Å². The molecule has 6 rings (SSSR count). The number of hydrogen-bond donors (Lipinski definition) is 1. The zero-order valence-corrected chi connectivity index (χ0v) is 26.0. The number of halogens is 1. The quantitative estimate of drug-likeness (QED) is 0.210. The minimum absolute atomic E-state index is 0.366. The Balaban J connectivity index is 1.55. The molecule has 218 valence electrons. The number of carboxylic acids is 1. The van der Waals surface area contributed by atoms with Crippen LogP contribution in [0.3, 0.4) is 0 Å². The van der Waals surface area contributed by atoms with Crippen molar-refractivity contribution in [3.8, 4) is 21.7 Å². The zero-order valence-electron chi connectivity index (χ0n) is 24.4. The summed E-state index contributed by atoms with van der Waals surface area (Å²) >= 11 is 7.81. The summed E-state index contributed by atoms with van der Waals surface area (Å²) in [6.45, 7) is 9.04. The molecule has 2 aromatic heterocycles. The highest BCUT2D eigenvalue weighted by Crippen LogP contribution is 2.45. The van der Waals surface area contributed by atoms with Gasteiger partial charge in [-0.2, -0.15) is 5.10 Å². The number of ether oxygens (including phenoxy) is 2. The molecule has 1 saturated heterocycles. The Morgan fingerprint density at radius 3 is 2.48 bits per heavy atom. The van der Waals surface area contributed by atoms with Gasteiger partial charge in [-0.3, -0.25) is 4.68 Å². The number of carboxylic acid groups (broad SMARTS) is 1. The van der Waals surface area contributed by atoms with E-state index in [0.29, 0.717) is 16.5 Å². The van der Waals surface area contributed by atoms with E-state index in [2.05, 4.69) is 18.2 Å². The highest BCUT2D eigenvalue weighted by molar-refractivity contribution is 7.22. The summed E-state index contributed by atoms with van der Waals surface area (Å²) in [5, 5.41) is 17.9. The molecule has 3 aromatic carbocycles. The van der Waals surface area contributed by atoms with Crippen molar-refractivity contribution < 1.29 is 19.4 Å². The smallest absolute Gasteiger partial charge is 0.337 e. The first kappa shape index (κ1) is 28.8. The number of fused-ring (bicyclic) bond motifs is 2. The largest absolute Gasteiger partial charge is 0.479 e. The fourth-order valence-electron chi connectivity index (χ4n) is 5.86. The van der Waals surface area contributed by atoms with Crippen molar-refractivity contribution in [2.75, 3.05) is 13.2 Å². The molecular formula is C33H34ClN3O4S. The van der Waals surface area contributed by atoms with E-state index in [0.717, 1.165) is 80.1 Å². The maximum Gasteiger partial charge on any atom is 0.337 e. The van der Waals surface area contributed by atoms with Crippen molar-refractivity contribution in [2.24, 2.45) is 7.05 Å². The molecule has 0 unspecified atom stereocenters. The van der Waals surface area contributed by atoms with Crippen LogP contribution in [-0.2, 0) is 21.3 Å². The Kier molecular flexibility index (Phi) is 7.60. The first-order chi connectivity index (χ1) is 20.0. The predicted octanol–water partition coefficient (Wildman–Crippen LogP) is 8.31. The number of aliphatic carboxylic acids is 1. The van der Waals surface area contributed by atoms with Crippen LogP contribution in [0.2, 0.25) is 5.02 Å². The van der Waals surface area contributed by atoms with Gasteiger partial charge < -0.3 is 14.6 Å². The van der Waals surface area contributed by atoms with Gasteiger partial charge in [0.1, 0.15) is 5.01 Å². The van der Waals surface area contributed by atoms with Crippen LogP contribution >= 0.6 is 22.9 Å². The van der Waals surface area contributed by atoms with Crippen LogP contribution in [0.5, 0.6) is 0 Å². The van der Waals surface area contributed by atoms with E-state index in [4.69, 9.17) is 31.2 Å². The number of benzene rings is 3. The number of rotatable bonds is 6. The molecule has 9 heteroatoms. The third-order valence-corrected chi connectivity index (χ3v) is 9.14. The van der Waals surface area contributed by atoms with Gasteiger partial charge in [0.05, 0.1) is 27.0 Å². The number of nitrogens with zero attached hydrogens (tertiary/aromatic N) is 3. The van der Waals surface area contributed by atoms with Crippen molar-refractivity contribution in [2.45, 2.75) is 58.2 Å². The Labute approximate surface area is 254 Å². The average molecular weight is 604 g/mol. The van der Waals surface area contributed by atoms with Gasteiger partial charge in [0.15, 0.2) is 6.10 Å². The van der Waals surface area contributed by atoms with E-state index in [1.54, 1.807) is 11.3 Å². The number of aromatic nitrogens is 3. The third kappa shape index (κ3) is 5.44. The van der Waals surface area contributed by atoms with Crippen molar-refractivity contribution >= 4 is 50.0 Å². The Morgan fingerprint density at radius 2 is 1.81 bits per heavy atom. The van der Waals surface area contributed by atoms with Gasteiger partial charge in [-0.25, -0.2) is 9.78 Å². The Hall–Kier alpha value is -3.30. The van der Waals surface area contributed by atoms with Crippen LogP contribution in [0.1, 0.15) is 62.5 Å². The SMILES string of the molecule is Cc1cc2nc(-c3ccc4c(c3)c(C3CCOCC3)nn4C)sc2c(-c2ccc(Cl)cc2)c1[C@H](OC(C)(C)C)C(=O)O. The highest BCUT2D eigenvalue weighted by atomic mass is 35.5. The van der Waals surface area contributed by atoms with E-state index in [9.17, 15) is 9.90 Å². The van der Waals surface area contributed by atoms with E-state index < -0.39 is 17.7 Å². The molecule has 1 aliphatic heterocycles. The van der Waals surface area contributed by atoms with E-state index in [1.165, 1.54) is 0 Å². The Morgan fingerprint density at radius 1 is 1.12 bits per heavy atom. The maximum atomic E-state index is 12.6. The second-order valence-electron chi connectivity index (χ2n) is 11.9. The normalized spacial score (nSPS) is 15.5. The lowest BCUT2D eigenvalue weighted by molar-refractivity contribution is -0.160. The summed E-state index contributed by atoms with van der Waals surface area (Å²) in [4.78, 5) is 17.7. The molecule has 3 heterocycles. The van der Waals surface area contributed by atoms with Crippen LogP contribution in [-0.4, -0.2) is 44.7 Å². The standard InChI is InChI=1S/C33H34ClN3O4S/c1-18-16-24-30(27(19-6-9-22(34)10-7-19)26(18)29(32(38)39)41-33(2,3)4)42-31(35-24)21-8-11-25-23(17-21)28(36-37(25)5)20-12-14-40-15-13-20/h6-11,16-17,20,29H,12-15H2,1-5H3,(H,38,39)/t29-/m0/s1. The summed E-state index contributed by atoms with van der Waals surface area (Å²) in [6.07, 6.45) is 0.774. The predicted molar refractivity (Wildman–Crippen MR) is 169 cm³/mol. The summed E-state index contributed by atoms with van der Waals surface area (Å²) in [6, 6.07) is 15.9. The second kappa shape index (κ2) is 11.1. The topological polar surface area (TPSA) is 86.5 Å². The monoisotopic (exact) mass is 603 g/mol. The molecule has 1 fully saturated rings. The first-order valence-corrected chi connectivity index (χ1v) is 15.3. The summed E-state index contributed by atoms with van der Waals surface area (Å²) in [7, 11) is 1.99. The van der Waals surface area contributed by atoms with E-state index >= 15 is 0 Å². The molecule has 7 nitrogen and oxygen atoms in total. The Bertz CT molecular complexity index is 1800. The average Bonchev–Trinajstić information content (AvgIpc) is 3.52. The van der Waals surface area contributed by atoms with E-state index in [1.807, 2.05) is 69.8 Å². The van der Waals surface area contributed by atoms with Gasteiger partial charge in [-0.05, 0) is 88.1 Å². The van der Waals surface area contributed by atoms with Gasteiger partial charge in [0.25, 0.3) is 0 Å². The molecule has 1 N–H and O–H groups in total. The molecule has 1 aliphatic rings. The van der Waals surface area contributed by atoms with Crippen molar-refractivity contribution in [3.05, 3.63) is 70.4 Å². The molecule has 0 spiro atoms. The van der Waals surface area contributed by atoms with Crippen LogP contribution in [0.4, 0.5) is 0 Å². The molecule has 0 radical (unpaired) electrons. The fraction of sp³-hybridized carbons (Fsp3) is 0.364. The molecule has 0 bridgehead atoms. The van der Waals surface area contributed by atoms with Gasteiger partial charge in [-0.1, -0.05) is 23.7 Å². The van der Waals surface area contributed by atoms with Crippen LogP contribution in [0.25, 0.3) is 42.8 Å². The van der Waals surface area contributed by atoms with Crippen molar-refractivity contribution in [1.82, 2.24) is 14.8 Å². The number of hydrogen-bond acceptors (Lipinski definition) is 6. The molecule has 0 saturated carbocycles. The second-order valence-corrected chi connectivity index (χ2v) is 13.4.